The summed E-state index contributed by atoms with van der Waals surface area (Å²) in [6.45, 7) is 9.64. The van der Waals surface area contributed by atoms with E-state index in [0.717, 1.165) is 61.8 Å². The number of amides is 1. The number of piperidine rings is 2. The average molecular weight is 431 g/mol. The summed E-state index contributed by atoms with van der Waals surface area (Å²) in [6, 6.07) is 2.18. The summed E-state index contributed by atoms with van der Waals surface area (Å²) in [5, 5.41) is 3.94. The zero-order valence-corrected chi connectivity index (χ0v) is 18.7. The van der Waals surface area contributed by atoms with Gasteiger partial charge in [0.2, 0.25) is 0 Å². The van der Waals surface area contributed by atoms with Crippen LogP contribution in [0.4, 0.5) is 0 Å². The molecule has 2 aromatic rings. The average Bonchev–Trinajstić information content (AvgIpc) is 3.19. The van der Waals surface area contributed by atoms with E-state index in [-0.39, 0.29) is 17.4 Å². The predicted molar refractivity (Wildman–Crippen MR) is 116 cm³/mol. The summed E-state index contributed by atoms with van der Waals surface area (Å²) in [5.41, 5.74) is 1.54. The van der Waals surface area contributed by atoms with Crippen molar-refractivity contribution in [3.05, 3.63) is 38.5 Å². The summed E-state index contributed by atoms with van der Waals surface area (Å²) < 4.78 is 3.87. The number of aryl methyl sites for hydroxylation is 1. The number of carbonyl (C=O) groups is 1. The molecule has 1 unspecified atom stereocenters. The van der Waals surface area contributed by atoms with Crippen LogP contribution in [-0.4, -0.2) is 67.5 Å². The highest BCUT2D eigenvalue weighted by atomic mass is 32.1. The van der Waals surface area contributed by atoms with Crippen LogP contribution in [0.5, 0.6) is 0 Å². The van der Waals surface area contributed by atoms with E-state index in [1.54, 1.807) is 6.07 Å². The lowest BCUT2D eigenvalue weighted by Crippen LogP contribution is -2.40. The van der Waals surface area contributed by atoms with Crippen molar-refractivity contribution >= 4 is 17.4 Å². The van der Waals surface area contributed by atoms with Crippen LogP contribution in [0.25, 0.3) is 0 Å². The van der Waals surface area contributed by atoms with Crippen molar-refractivity contribution in [2.45, 2.75) is 64.3 Å². The maximum atomic E-state index is 12.7. The maximum Gasteiger partial charge on any atom is 0.267 e. The predicted octanol–water partition coefficient (Wildman–Crippen LogP) is 2.54. The van der Waals surface area contributed by atoms with Crippen LogP contribution in [0.1, 0.15) is 78.3 Å². The first-order valence-electron chi connectivity index (χ1n) is 10.9. The number of rotatable bonds is 4. The molecule has 2 aromatic heterocycles. The number of carbonyl (C=O) groups excluding carboxylic acids is 1. The number of likely N-dealkylation sites (tertiary alicyclic amines) is 2. The molecule has 4 heterocycles. The van der Waals surface area contributed by atoms with Crippen molar-refractivity contribution in [3.63, 3.8) is 0 Å². The van der Waals surface area contributed by atoms with Crippen molar-refractivity contribution in [2.24, 2.45) is 0 Å². The molecule has 2 aliphatic heterocycles. The molecule has 30 heavy (non-hydrogen) atoms. The van der Waals surface area contributed by atoms with Crippen LogP contribution >= 0.6 is 11.5 Å². The molecule has 2 aliphatic rings. The van der Waals surface area contributed by atoms with Crippen LogP contribution in [-0.2, 0) is 0 Å². The minimum absolute atomic E-state index is 0.00661. The Labute approximate surface area is 180 Å². The molecular weight excluding hydrogens is 400 g/mol. The molecule has 9 heteroatoms. The van der Waals surface area contributed by atoms with Gasteiger partial charge in [-0.3, -0.25) is 9.59 Å². The van der Waals surface area contributed by atoms with Gasteiger partial charge in [-0.25, -0.2) is 4.98 Å². The van der Waals surface area contributed by atoms with Gasteiger partial charge in [-0.05, 0) is 64.5 Å². The summed E-state index contributed by atoms with van der Waals surface area (Å²) in [4.78, 5) is 37.9. The smallest absolute Gasteiger partial charge is 0.267 e. The van der Waals surface area contributed by atoms with Gasteiger partial charge >= 0.3 is 0 Å². The second kappa shape index (κ2) is 8.93. The van der Waals surface area contributed by atoms with Crippen LogP contribution in [0, 0.1) is 6.92 Å². The van der Waals surface area contributed by atoms with Crippen LogP contribution in [0.3, 0.4) is 0 Å². The molecule has 2 fully saturated rings. The second-order valence-corrected chi connectivity index (χ2v) is 9.49. The van der Waals surface area contributed by atoms with Crippen LogP contribution in [0.15, 0.2) is 10.9 Å². The molecule has 4 rings (SSSR count). The lowest BCUT2D eigenvalue weighted by Gasteiger charge is -2.35. The van der Waals surface area contributed by atoms with E-state index in [1.807, 2.05) is 11.8 Å². The first-order chi connectivity index (χ1) is 14.4. The van der Waals surface area contributed by atoms with E-state index in [0.29, 0.717) is 35.6 Å². The minimum atomic E-state index is -0.0680. The fourth-order valence-corrected chi connectivity index (χ4v) is 5.17. The molecule has 0 spiro atoms. The number of aromatic nitrogens is 4. The normalized spacial score (nSPS) is 21.3. The van der Waals surface area contributed by atoms with Crippen LogP contribution in [0.2, 0.25) is 0 Å². The first-order valence-corrected chi connectivity index (χ1v) is 11.6. The Hall–Kier alpha value is -2.13. The molecule has 0 radical (unpaired) electrons. The Kier molecular flexibility index (Phi) is 6.29. The Bertz CT molecular complexity index is 947. The Balaban J connectivity index is 1.45. The molecule has 0 bridgehead atoms. The highest BCUT2D eigenvalue weighted by Crippen LogP contribution is 2.30. The molecule has 0 aromatic carbocycles. The molecule has 1 amide bonds. The molecule has 1 atom stereocenters. The molecule has 162 valence electrons. The van der Waals surface area contributed by atoms with Crippen molar-refractivity contribution < 1.29 is 4.79 Å². The van der Waals surface area contributed by atoms with E-state index >= 15 is 0 Å². The third-order valence-corrected chi connectivity index (χ3v) is 7.21. The van der Waals surface area contributed by atoms with E-state index in [2.05, 4.69) is 33.3 Å². The molecule has 0 aliphatic carbocycles. The largest absolute Gasteiger partial charge is 0.338 e. The fraction of sp³-hybridized carbons (Fsp3) is 0.667. The van der Waals surface area contributed by atoms with Crippen molar-refractivity contribution in [1.29, 1.82) is 0 Å². The lowest BCUT2D eigenvalue weighted by atomic mass is 9.92. The number of H-pyrrole nitrogens is 1. The Morgan fingerprint density at radius 1 is 1.20 bits per heavy atom. The van der Waals surface area contributed by atoms with Gasteiger partial charge in [-0.15, -0.1) is 5.10 Å². The Morgan fingerprint density at radius 2 is 1.97 bits per heavy atom. The zero-order valence-electron chi connectivity index (χ0n) is 17.9. The number of nitrogens with zero attached hydrogens (tertiary/aromatic N) is 5. The van der Waals surface area contributed by atoms with Gasteiger partial charge in [-0.1, -0.05) is 4.49 Å². The van der Waals surface area contributed by atoms with Crippen molar-refractivity contribution in [2.75, 3.05) is 26.2 Å². The third kappa shape index (κ3) is 4.46. The zero-order chi connectivity index (χ0) is 21.3. The van der Waals surface area contributed by atoms with Gasteiger partial charge in [0, 0.05) is 43.6 Å². The van der Waals surface area contributed by atoms with Crippen LogP contribution < -0.4 is 5.56 Å². The quantitative estimate of drug-likeness (QED) is 0.801. The monoisotopic (exact) mass is 430 g/mol. The van der Waals surface area contributed by atoms with E-state index in [4.69, 9.17) is 4.98 Å². The summed E-state index contributed by atoms with van der Waals surface area (Å²) in [7, 11) is 0. The molecule has 1 N–H and O–H groups in total. The van der Waals surface area contributed by atoms with Gasteiger partial charge in [-0.2, -0.15) is 0 Å². The highest BCUT2D eigenvalue weighted by Gasteiger charge is 2.29. The van der Waals surface area contributed by atoms with E-state index < -0.39 is 0 Å². The molecular formula is C21H30N6O2S. The molecule has 2 saturated heterocycles. The summed E-state index contributed by atoms with van der Waals surface area (Å²) in [5.74, 6) is 1.27. The SMILES string of the molecule is Cc1nnsc1C(=O)N1CCC(c2nc(C3CCCN(C(C)C)C3)cc(=O)[nH]2)CC1. The van der Waals surface area contributed by atoms with Crippen molar-refractivity contribution in [3.8, 4) is 0 Å². The third-order valence-electron chi connectivity index (χ3n) is 6.40. The molecule has 8 nitrogen and oxygen atoms in total. The van der Waals surface area contributed by atoms with Gasteiger partial charge in [0.1, 0.15) is 10.7 Å². The fourth-order valence-electron chi connectivity index (χ4n) is 4.54. The second-order valence-electron chi connectivity index (χ2n) is 8.74. The summed E-state index contributed by atoms with van der Waals surface area (Å²) >= 11 is 1.15. The highest BCUT2D eigenvalue weighted by molar-refractivity contribution is 7.07. The standard InChI is InChI=1S/C21H30N6O2S/c1-13(2)27-8-4-5-16(12-27)17-11-18(28)23-20(22-17)15-6-9-26(10-7-15)21(29)19-14(3)24-25-30-19/h11,13,15-16H,4-10,12H2,1-3H3,(H,22,23,28). The number of aromatic amines is 1. The lowest BCUT2D eigenvalue weighted by molar-refractivity contribution is 0.0715. The first kappa shape index (κ1) is 21.1. The van der Waals surface area contributed by atoms with Gasteiger partial charge in [0.15, 0.2) is 0 Å². The van der Waals surface area contributed by atoms with Gasteiger partial charge in [0.25, 0.3) is 11.5 Å². The molecule has 0 saturated carbocycles. The maximum absolute atomic E-state index is 12.7. The Morgan fingerprint density at radius 3 is 2.63 bits per heavy atom. The number of hydrogen-bond acceptors (Lipinski definition) is 7. The van der Waals surface area contributed by atoms with E-state index in [1.165, 1.54) is 0 Å². The van der Waals surface area contributed by atoms with Gasteiger partial charge in [0.05, 0.1) is 11.4 Å². The number of hydrogen-bond donors (Lipinski definition) is 1. The van der Waals surface area contributed by atoms with E-state index in [9.17, 15) is 9.59 Å². The minimum Gasteiger partial charge on any atom is -0.338 e. The van der Waals surface area contributed by atoms with Gasteiger partial charge < -0.3 is 14.8 Å². The summed E-state index contributed by atoms with van der Waals surface area (Å²) in [6.07, 6.45) is 3.81. The topological polar surface area (TPSA) is 95.1 Å². The number of nitrogens with one attached hydrogen (secondary N) is 1. The van der Waals surface area contributed by atoms with Crippen molar-refractivity contribution in [1.82, 2.24) is 29.4 Å².